The normalized spacial score (nSPS) is 33.8. The number of aromatic nitrogens is 1. The Kier molecular flexibility index (Phi) is 11.6. The highest BCUT2D eigenvalue weighted by Gasteiger charge is 2.66. The van der Waals surface area contributed by atoms with Crippen LogP contribution < -0.4 is 10.6 Å². The maximum Gasteiger partial charge on any atom is 0.322 e. The van der Waals surface area contributed by atoms with Crippen molar-refractivity contribution in [1.29, 1.82) is 0 Å². The largest absolute Gasteiger partial charge is 0.480 e. The quantitative estimate of drug-likeness (QED) is 0.0963. The molecule has 4 aliphatic rings. The number of anilines is 1. The number of amides is 1. The molecule has 6 N–H and O–H groups in total. The van der Waals surface area contributed by atoms with Gasteiger partial charge in [0.2, 0.25) is 5.91 Å². The van der Waals surface area contributed by atoms with Gasteiger partial charge in [-0.05, 0) is 142 Å². The molecule has 0 bridgehead atoms. The molecule has 11 atom stereocenters. The van der Waals surface area contributed by atoms with E-state index in [2.05, 4.69) is 60.7 Å². The summed E-state index contributed by atoms with van der Waals surface area (Å²) in [5, 5.41) is 52.0. The first-order valence-electron chi connectivity index (χ1n) is 21.3. The number of aliphatic hydroxyl groups is 3. The Bertz CT molecular complexity index is 2010. The number of carbonyl (C=O) groups is 3. The number of carboxylic acid groups (broad SMARTS) is 1. The molecule has 3 aromatic rings. The fourth-order valence-electron chi connectivity index (χ4n) is 12.7. The number of ketones is 1. The summed E-state index contributed by atoms with van der Waals surface area (Å²) in [6.07, 6.45) is 6.68. The zero-order chi connectivity index (χ0) is 40.9. The average Bonchev–Trinajstić information content (AvgIpc) is 3.53. The van der Waals surface area contributed by atoms with Crippen LogP contribution in [0, 0.1) is 53.3 Å². The molecule has 1 aromatic heterocycles. The number of fused-ring (bicyclic) bond motifs is 6. The maximum atomic E-state index is 12.7. The third kappa shape index (κ3) is 7.86. The van der Waals surface area contributed by atoms with E-state index in [1.807, 2.05) is 31.2 Å². The van der Waals surface area contributed by atoms with Crippen molar-refractivity contribution < 1.29 is 36.2 Å². The fraction of sp³-hybridized carbons (Fsp3) is 0.617. The number of hydrogen-bond donors (Lipinski definition) is 6. The van der Waals surface area contributed by atoms with Gasteiger partial charge in [0.15, 0.2) is 5.78 Å². The van der Waals surface area contributed by atoms with Crippen molar-refractivity contribution in [2.75, 3.05) is 11.9 Å². The van der Waals surface area contributed by atoms with Crippen LogP contribution in [0.25, 0.3) is 10.9 Å². The average molecular weight is 784 g/mol. The highest BCUT2D eigenvalue weighted by molar-refractivity contribution is 6.08. The lowest BCUT2D eigenvalue weighted by molar-refractivity contribution is -0.216. The summed E-state index contributed by atoms with van der Waals surface area (Å²) in [6, 6.07) is 16.3. The van der Waals surface area contributed by atoms with Crippen molar-refractivity contribution in [3.8, 4) is 0 Å². The number of nitrogens with zero attached hydrogens (tertiary/aromatic N) is 1. The van der Waals surface area contributed by atoms with E-state index in [1.54, 1.807) is 6.92 Å². The molecule has 0 spiro atoms. The number of aliphatic hydroxyl groups excluding tert-OH is 2. The summed E-state index contributed by atoms with van der Waals surface area (Å²) < 4.78 is 0. The Morgan fingerprint density at radius 2 is 1.75 bits per heavy atom. The van der Waals surface area contributed by atoms with Gasteiger partial charge >= 0.3 is 5.97 Å². The zero-order valence-corrected chi connectivity index (χ0v) is 34.4. The molecule has 4 fully saturated rings. The van der Waals surface area contributed by atoms with Crippen LogP contribution in [-0.2, 0) is 22.6 Å². The van der Waals surface area contributed by atoms with Crippen LogP contribution in [0.2, 0.25) is 0 Å². The number of hydrogen-bond acceptors (Lipinski definition) is 8. The molecule has 10 nitrogen and oxygen atoms in total. The monoisotopic (exact) mass is 783 g/mol. The first-order valence-corrected chi connectivity index (χ1v) is 21.3. The van der Waals surface area contributed by atoms with Gasteiger partial charge in [0.1, 0.15) is 6.54 Å². The van der Waals surface area contributed by atoms with E-state index >= 15 is 0 Å². The highest BCUT2D eigenvalue weighted by Crippen LogP contribution is 2.69. The van der Waals surface area contributed by atoms with Crippen molar-refractivity contribution in [2.24, 2.45) is 46.3 Å². The molecule has 4 aliphatic carbocycles. The van der Waals surface area contributed by atoms with Gasteiger partial charge in [-0.25, -0.2) is 0 Å². The van der Waals surface area contributed by atoms with Crippen LogP contribution in [0.15, 0.2) is 48.5 Å². The molecular formula is C47H65N3O7. The van der Waals surface area contributed by atoms with Crippen LogP contribution in [-0.4, -0.2) is 67.4 Å². The van der Waals surface area contributed by atoms with Crippen LogP contribution in [0.1, 0.15) is 121 Å². The number of aliphatic carboxylic acids is 1. The SMILES string of the molecule is CC(=O)c1c(C)nc2ccccc2c1NCc1cccc(CC[C@@]2(O)CC[C@@]3(C)C(C[C@@H](O)C4C3C[C@H](O)[C@@]3(C)C4CC[C@@H]3[C@H](C)CCC(=O)NCC(=O)O)C2)c1.[HH]. The Morgan fingerprint density at radius 1 is 1.00 bits per heavy atom. The first-order chi connectivity index (χ1) is 27.0. The molecule has 0 aliphatic heterocycles. The second-order valence-corrected chi connectivity index (χ2v) is 18.9. The number of aryl methyl sites for hydroxylation is 2. The lowest BCUT2D eigenvalue weighted by atomic mass is 9.42. The van der Waals surface area contributed by atoms with Crippen molar-refractivity contribution in [2.45, 2.75) is 130 Å². The standard InChI is InChI=1S/C47H63N3O7.H2/c1-27(13-16-40(54)48-26-41(55)56)34-14-15-35-43-36(23-39(53)46(34,35)5)45(4)19-20-47(57,24-32(45)22-38(43)52)18-17-30-9-8-10-31(21-30)25-49-44-33-11-6-7-12-37(33)50-28(2)42(44)29(3)51;/h6-12,21,27,32,34-36,38-39,43,52-53,57H,13-20,22-26H2,1-5H3,(H,48,54)(H,49,50)(H,55,56);1H/t27-,32?,34-,35?,36?,38-,39+,43?,45+,46-,47-;/m1./s1. The summed E-state index contributed by atoms with van der Waals surface area (Å²) >= 11 is 0. The molecule has 57 heavy (non-hydrogen) atoms. The molecule has 2 aromatic carbocycles. The van der Waals surface area contributed by atoms with Gasteiger partial charge in [-0.2, -0.15) is 0 Å². The summed E-state index contributed by atoms with van der Waals surface area (Å²) in [5.74, 6) is -0.330. The lowest BCUT2D eigenvalue weighted by Gasteiger charge is -2.64. The minimum Gasteiger partial charge on any atom is -0.480 e. The number of nitrogens with one attached hydrogen (secondary N) is 2. The summed E-state index contributed by atoms with van der Waals surface area (Å²) in [4.78, 5) is 40.5. The van der Waals surface area contributed by atoms with Gasteiger partial charge in [-0.1, -0.05) is 63.2 Å². The van der Waals surface area contributed by atoms with Crippen LogP contribution in [0.3, 0.4) is 0 Å². The Labute approximate surface area is 338 Å². The zero-order valence-electron chi connectivity index (χ0n) is 34.4. The Morgan fingerprint density at radius 3 is 2.51 bits per heavy atom. The second-order valence-electron chi connectivity index (χ2n) is 18.9. The van der Waals surface area contributed by atoms with E-state index in [1.165, 1.54) is 0 Å². The van der Waals surface area contributed by atoms with E-state index in [-0.39, 0.29) is 72.4 Å². The molecule has 10 heteroatoms. The third-order valence-corrected chi connectivity index (χ3v) is 15.7. The van der Waals surface area contributed by atoms with Crippen molar-refractivity contribution >= 4 is 34.3 Å². The minimum atomic E-state index is -1.06. The second kappa shape index (κ2) is 16.1. The number of pyridine rings is 1. The lowest BCUT2D eigenvalue weighted by Crippen LogP contribution is -2.63. The first kappa shape index (κ1) is 41.3. The maximum absolute atomic E-state index is 12.7. The third-order valence-electron chi connectivity index (χ3n) is 15.7. The molecule has 4 saturated carbocycles. The van der Waals surface area contributed by atoms with Gasteiger partial charge in [-0.3, -0.25) is 19.4 Å². The summed E-state index contributed by atoms with van der Waals surface area (Å²) in [7, 11) is 0. The molecule has 0 radical (unpaired) electrons. The molecule has 1 heterocycles. The van der Waals surface area contributed by atoms with Gasteiger partial charge < -0.3 is 31.1 Å². The summed E-state index contributed by atoms with van der Waals surface area (Å²) in [6.45, 7) is 10.4. The van der Waals surface area contributed by atoms with E-state index in [4.69, 9.17) is 5.11 Å². The minimum absolute atomic E-state index is 0. The van der Waals surface area contributed by atoms with Crippen molar-refractivity contribution in [3.05, 3.63) is 70.9 Å². The number of para-hydroxylation sites is 1. The molecular weight excluding hydrogens is 719 g/mol. The topological polar surface area (TPSA) is 169 Å². The predicted octanol–water partition coefficient (Wildman–Crippen LogP) is 7.49. The molecule has 7 rings (SSSR count). The van der Waals surface area contributed by atoms with Gasteiger partial charge in [0, 0.05) is 19.8 Å². The fourth-order valence-corrected chi connectivity index (χ4v) is 12.7. The smallest absolute Gasteiger partial charge is 0.322 e. The Hall–Kier alpha value is -3.86. The van der Waals surface area contributed by atoms with Gasteiger partial charge in [-0.15, -0.1) is 0 Å². The molecule has 1 amide bonds. The van der Waals surface area contributed by atoms with Crippen LogP contribution >= 0.6 is 0 Å². The van der Waals surface area contributed by atoms with Crippen LogP contribution in [0.5, 0.6) is 0 Å². The highest BCUT2D eigenvalue weighted by atomic mass is 16.4. The molecule has 310 valence electrons. The van der Waals surface area contributed by atoms with Crippen molar-refractivity contribution in [1.82, 2.24) is 10.3 Å². The number of carbonyl (C=O) groups excluding carboxylic acids is 2. The van der Waals surface area contributed by atoms with Gasteiger partial charge in [0.25, 0.3) is 0 Å². The van der Waals surface area contributed by atoms with E-state index < -0.39 is 23.8 Å². The number of benzene rings is 2. The number of rotatable bonds is 13. The van der Waals surface area contributed by atoms with E-state index in [9.17, 15) is 29.7 Å². The van der Waals surface area contributed by atoms with Gasteiger partial charge in [0.05, 0.1) is 40.3 Å². The predicted molar refractivity (Wildman–Crippen MR) is 223 cm³/mol. The number of carboxylic acids is 1. The Balaban J connectivity index is 0.00000567. The summed E-state index contributed by atoms with van der Waals surface area (Å²) in [5.41, 5.74) is 3.96. The molecule has 4 unspecified atom stereocenters. The van der Waals surface area contributed by atoms with Crippen LogP contribution in [0.4, 0.5) is 5.69 Å². The van der Waals surface area contributed by atoms with Crippen molar-refractivity contribution in [3.63, 3.8) is 0 Å². The molecule has 0 saturated heterocycles. The van der Waals surface area contributed by atoms with E-state index in [0.717, 1.165) is 53.4 Å². The number of Topliss-reactive ketones (excluding diaryl/α,β-unsaturated/α-hetero) is 1. The van der Waals surface area contributed by atoms with E-state index in [0.29, 0.717) is 56.3 Å².